The van der Waals surface area contributed by atoms with Crippen LogP contribution in [0.3, 0.4) is 0 Å². The van der Waals surface area contributed by atoms with E-state index in [1.54, 1.807) is 0 Å². The molecule has 0 heterocycles. The summed E-state index contributed by atoms with van der Waals surface area (Å²) in [7, 11) is 1.44. The Bertz CT molecular complexity index is 350. The van der Waals surface area contributed by atoms with Crippen LogP contribution in [0.4, 0.5) is 0 Å². The molecule has 1 saturated carbocycles. The van der Waals surface area contributed by atoms with Gasteiger partial charge in [-0.2, -0.15) is 0 Å². The fourth-order valence-electron chi connectivity index (χ4n) is 2.95. The molecule has 0 unspecified atom stereocenters. The van der Waals surface area contributed by atoms with E-state index in [1.807, 2.05) is 0 Å². The molecule has 0 bridgehead atoms. The van der Waals surface area contributed by atoms with Crippen molar-refractivity contribution in [3.05, 3.63) is 0 Å². The van der Waals surface area contributed by atoms with Crippen LogP contribution in [0.1, 0.15) is 71.6 Å². The lowest BCUT2D eigenvalue weighted by molar-refractivity contribution is -0.140. The van der Waals surface area contributed by atoms with E-state index in [4.69, 9.17) is 0 Å². The maximum atomic E-state index is 11.0. The third-order valence-corrected chi connectivity index (χ3v) is 4.49. The Morgan fingerprint density at radius 3 is 2.48 bits per heavy atom. The molecule has 0 saturated heterocycles. The second-order valence-electron chi connectivity index (χ2n) is 6.60. The van der Waals surface area contributed by atoms with Gasteiger partial charge in [-0.25, -0.2) is 0 Å². The van der Waals surface area contributed by atoms with E-state index in [1.165, 1.54) is 32.8 Å². The number of nitrogens with one attached hydrogen (secondary N) is 2. The predicted molar refractivity (Wildman–Crippen MR) is 95.6 cm³/mol. The Hall–Kier alpha value is -1.26. The van der Waals surface area contributed by atoms with Crippen molar-refractivity contribution in [3.8, 4) is 0 Å². The normalized spacial score (nSPS) is 21.8. The van der Waals surface area contributed by atoms with E-state index in [0.717, 1.165) is 50.7 Å². The first-order chi connectivity index (χ1) is 11.2. The first kappa shape index (κ1) is 19.8. The van der Waals surface area contributed by atoms with Gasteiger partial charge in [0, 0.05) is 25.6 Å². The molecule has 0 amide bonds. The Morgan fingerprint density at radius 1 is 1.13 bits per heavy atom. The number of methoxy groups -OCH3 is 1. The van der Waals surface area contributed by atoms with Gasteiger partial charge in [0.2, 0.25) is 0 Å². The summed E-state index contributed by atoms with van der Waals surface area (Å²) < 4.78 is 4.64. The lowest BCUT2D eigenvalue weighted by Crippen LogP contribution is -2.44. The van der Waals surface area contributed by atoms with Gasteiger partial charge in [-0.15, -0.1) is 0 Å². The van der Waals surface area contributed by atoms with Crippen molar-refractivity contribution >= 4 is 11.9 Å². The monoisotopic (exact) mass is 325 g/mol. The minimum absolute atomic E-state index is 0.108. The SMILES string of the molecule is CCNC(=NCCCCCCC(=O)OC)NC1CCC(C)CC1. The molecule has 1 aliphatic rings. The number of esters is 1. The van der Waals surface area contributed by atoms with Gasteiger partial charge in [0.1, 0.15) is 0 Å². The van der Waals surface area contributed by atoms with Crippen molar-refractivity contribution in [1.82, 2.24) is 10.6 Å². The lowest BCUT2D eigenvalue weighted by atomic mass is 9.87. The van der Waals surface area contributed by atoms with Gasteiger partial charge < -0.3 is 15.4 Å². The van der Waals surface area contributed by atoms with E-state index in [0.29, 0.717) is 12.5 Å². The average Bonchev–Trinajstić information content (AvgIpc) is 2.55. The molecule has 1 fully saturated rings. The molecule has 0 radical (unpaired) electrons. The van der Waals surface area contributed by atoms with Gasteiger partial charge in [0.05, 0.1) is 7.11 Å². The minimum atomic E-state index is -0.108. The van der Waals surface area contributed by atoms with Gasteiger partial charge in [-0.05, 0) is 51.4 Å². The number of guanidine groups is 1. The van der Waals surface area contributed by atoms with Crippen LogP contribution in [0.25, 0.3) is 0 Å². The van der Waals surface area contributed by atoms with Crippen LogP contribution in [-0.2, 0) is 9.53 Å². The molecule has 0 aromatic rings. The first-order valence-electron chi connectivity index (χ1n) is 9.27. The Balaban J connectivity index is 2.17. The highest BCUT2D eigenvalue weighted by Crippen LogP contribution is 2.23. The fraction of sp³-hybridized carbons (Fsp3) is 0.889. The summed E-state index contributed by atoms with van der Waals surface area (Å²) in [6.45, 7) is 6.19. The number of rotatable bonds is 9. The number of carbonyl (C=O) groups excluding carboxylic acids is 1. The second-order valence-corrected chi connectivity index (χ2v) is 6.60. The zero-order valence-corrected chi connectivity index (χ0v) is 15.2. The van der Waals surface area contributed by atoms with Crippen LogP contribution in [0, 0.1) is 5.92 Å². The Morgan fingerprint density at radius 2 is 1.83 bits per heavy atom. The molecule has 5 nitrogen and oxygen atoms in total. The number of hydrogen-bond donors (Lipinski definition) is 2. The largest absolute Gasteiger partial charge is 0.469 e. The molecular formula is C18H35N3O2. The Labute approximate surface area is 141 Å². The maximum absolute atomic E-state index is 11.0. The van der Waals surface area contributed by atoms with Crippen LogP contribution in [0.5, 0.6) is 0 Å². The van der Waals surface area contributed by atoms with Crippen LogP contribution >= 0.6 is 0 Å². The number of unbranched alkanes of at least 4 members (excludes halogenated alkanes) is 3. The molecule has 0 atom stereocenters. The highest BCUT2D eigenvalue weighted by molar-refractivity contribution is 5.80. The van der Waals surface area contributed by atoms with Gasteiger partial charge in [-0.3, -0.25) is 9.79 Å². The van der Waals surface area contributed by atoms with Crippen LogP contribution in [-0.4, -0.2) is 38.2 Å². The van der Waals surface area contributed by atoms with Crippen molar-refractivity contribution < 1.29 is 9.53 Å². The maximum Gasteiger partial charge on any atom is 0.305 e. The van der Waals surface area contributed by atoms with Crippen LogP contribution in [0.2, 0.25) is 0 Å². The highest BCUT2D eigenvalue weighted by Gasteiger charge is 2.18. The number of hydrogen-bond acceptors (Lipinski definition) is 3. The second kappa shape index (κ2) is 12.2. The van der Waals surface area contributed by atoms with E-state index in [2.05, 4.69) is 34.2 Å². The summed E-state index contributed by atoms with van der Waals surface area (Å²) in [6, 6.07) is 0.573. The quantitative estimate of drug-likeness (QED) is 0.296. The van der Waals surface area contributed by atoms with Gasteiger partial charge in [-0.1, -0.05) is 19.8 Å². The molecule has 1 aliphatic carbocycles. The van der Waals surface area contributed by atoms with E-state index in [9.17, 15) is 4.79 Å². The molecule has 134 valence electrons. The van der Waals surface area contributed by atoms with Gasteiger partial charge in [0.15, 0.2) is 5.96 Å². The zero-order chi connectivity index (χ0) is 16.9. The topological polar surface area (TPSA) is 62.7 Å². The molecule has 0 aromatic heterocycles. The molecule has 2 N–H and O–H groups in total. The fourth-order valence-corrected chi connectivity index (χ4v) is 2.95. The summed E-state index contributed by atoms with van der Waals surface area (Å²) in [6.07, 6.45) is 9.82. The third kappa shape index (κ3) is 9.47. The minimum Gasteiger partial charge on any atom is -0.469 e. The molecule has 0 aromatic carbocycles. The van der Waals surface area contributed by atoms with Crippen molar-refractivity contribution in [2.75, 3.05) is 20.2 Å². The summed E-state index contributed by atoms with van der Waals surface area (Å²) in [5, 5.41) is 6.92. The van der Waals surface area contributed by atoms with E-state index < -0.39 is 0 Å². The number of ether oxygens (including phenoxy) is 1. The summed E-state index contributed by atoms with van der Waals surface area (Å²) in [5.74, 6) is 1.72. The molecule has 23 heavy (non-hydrogen) atoms. The molecule has 1 rings (SSSR count). The lowest BCUT2D eigenvalue weighted by Gasteiger charge is -2.28. The first-order valence-corrected chi connectivity index (χ1v) is 9.27. The summed E-state index contributed by atoms with van der Waals surface area (Å²) >= 11 is 0. The van der Waals surface area contributed by atoms with E-state index in [-0.39, 0.29) is 5.97 Å². The van der Waals surface area contributed by atoms with Crippen LogP contribution in [0.15, 0.2) is 4.99 Å². The average molecular weight is 325 g/mol. The third-order valence-electron chi connectivity index (χ3n) is 4.49. The number of aliphatic imine (C=N–C) groups is 1. The predicted octanol–water partition coefficient (Wildman–Crippen LogP) is 3.24. The molecular weight excluding hydrogens is 290 g/mol. The molecule has 0 spiro atoms. The van der Waals surface area contributed by atoms with Gasteiger partial charge in [0.25, 0.3) is 0 Å². The summed E-state index contributed by atoms with van der Waals surface area (Å²) in [5.41, 5.74) is 0. The van der Waals surface area contributed by atoms with Crippen molar-refractivity contribution in [2.45, 2.75) is 77.7 Å². The highest BCUT2D eigenvalue weighted by atomic mass is 16.5. The number of carbonyl (C=O) groups is 1. The van der Waals surface area contributed by atoms with Crippen LogP contribution < -0.4 is 10.6 Å². The van der Waals surface area contributed by atoms with Crippen molar-refractivity contribution in [2.24, 2.45) is 10.9 Å². The van der Waals surface area contributed by atoms with Crippen molar-refractivity contribution in [1.29, 1.82) is 0 Å². The smallest absolute Gasteiger partial charge is 0.305 e. The van der Waals surface area contributed by atoms with Gasteiger partial charge >= 0.3 is 5.97 Å². The standard InChI is InChI=1S/C18H35N3O2/c1-4-19-18(21-16-12-10-15(2)11-13-16)20-14-8-6-5-7-9-17(22)23-3/h15-16H,4-14H2,1-3H3,(H2,19,20,21). The van der Waals surface area contributed by atoms with Crippen molar-refractivity contribution in [3.63, 3.8) is 0 Å². The molecule has 0 aliphatic heterocycles. The number of nitrogens with zero attached hydrogens (tertiary/aromatic N) is 1. The zero-order valence-electron chi connectivity index (χ0n) is 15.2. The summed E-state index contributed by atoms with van der Waals surface area (Å²) in [4.78, 5) is 15.7. The van der Waals surface area contributed by atoms with E-state index >= 15 is 0 Å². The Kier molecular flexibility index (Phi) is 10.5. The molecule has 5 heteroatoms.